The predicted molar refractivity (Wildman–Crippen MR) is 118 cm³/mol. The second-order valence-corrected chi connectivity index (χ2v) is 8.61. The van der Waals surface area contributed by atoms with Crippen molar-refractivity contribution in [1.29, 1.82) is 0 Å². The molecular weight excluding hydrogens is 414 g/mol. The number of hydrogen-bond acceptors (Lipinski definition) is 6. The smallest absolute Gasteiger partial charge is 0.291 e. The van der Waals surface area contributed by atoms with Crippen molar-refractivity contribution in [2.75, 3.05) is 5.32 Å². The van der Waals surface area contributed by atoms with E-state index in [0.717, 1.165) is 40.9 Å². The van der Waals surface area contributed by atoms with Crippen LogP contribution in [0.15, 0.2) is 53.2 Å². The summed E-state index contributed by atoms with van der Waals surface area (Å²) in [6, 6.07) is 11.5. The van der Waals surface area contributed by atoms with Gasteiger partial charge < -0.3 is 15.1 Å². The van der Waals surface area contributed by atoms with Crippen LogP contribution in [0.25, 0.3) is 21.0 Å². The number of thiazole rings is 1. The van der Waals surface area contributed by atoms with Gasteiger partial charge in [-0.2, -0.15) is 5.10 Å². The molecule has 1 saturated carbocycles. The quantitative estimate of drug-likeness (QED) is 0.475. The Labute approximate surface area is 182 Å². The molecule has 3 aromatic heterocycles. The molecule has 0 aliphatic heterocycles. The number of nitrogens with one attached hydrogen (secondary N) is 2. The zero-order chi connectivity index (χ0) is 21.2. The Morgan fingerprint density at radius 1 is 1.16 bits per heavy atom. The molecule has 3 heterocycles. The van der Waals surface area contributed by atoms with Gasteiger partial charge in [0.25, 0.3) is 5.91 Å². The molecule has 158 valence electrons. The topological polar surface area (TPSA) is 102 Å². The highest BCUT2D eigenvalue weighted by molar-refractivity contribution is 7.21. The van der Waals surface area contributed by atoms with Crippen LogP contribution in [0.1, 0.15) is 36.2 Å². The van der Waals surface area contributed by atoms with Crippen LogP contribution in [0.3, 0.4) is 0 Å². The van der Waals surface area contributed by atoms with E-state index >= 15 is 0 Å². The molecule has 4 aromatic rings. The Balaban J connectivity index is 1.21. The zero-order valence-corrected chi connectivity index (χ0v) is 17.5. The van der Waals surface area contributed by atoms with Crippen LogP contribution >= 0.6 is 11.3 Å². The van der Waals surface area contributed by atoms with E-state index in [-0.39, 0.29) is 30.2 Å². The number of carbonyl (C=O) groups excluding carboxylic acids is 2. The lowest BCUT2D eigenvalue weighted by molar-refractivity contribution is -0.122. The largest absolute Gasteiger partial charge is 0.448 e. The molecule has 0 unspecified atom stereocenters. The van der Waals surface area contributed by atoms with E-state index in [1.807, 2.05) is 24.3 Å². The van der Waals surface area contributed by atoms with Gasteiger partial charge in [0.05, 0.1) is 22.1 Å². The summed E-state index contributed by atoms with van der Waals surface area (Å²) >= 11 is 1.51. The van der Waals surface area contributed by atoms with Crippen molar-refractivity contribution < 1.29 is 14.0 Å². The van der Waals surface area contributed by atoms with Gasteiger partial charge in [-0.3, -0.25) is 14.3 Å². The van der Waals surface area contributed by atoms with Gasteiger partial charge in [0, 0.05) is 12.2 Å². The van der Waals surface area contributed by atoms with Gasteiger partial charge in [-0.15, -0.1) is 11.3 Å². The van der Waals surface area contributed by atoms with Crippen LogP contribution in [0.5, 0.6) is 0 Å². The number of anilines is 1. The molecule has 1 aliphatic rings. The highest BCUT2D eigenvalue weighted by Crippen LogP contribution is 2.31. The molecular formula is C22H21N5O3S. The fourth-order valence-electron chi connectivity index (χ4n) is 3.75. The lowest BCUT2D eigenvalue weighted by Crippen LogP contribution is -2.35. The molecule has 0 spiro atoms. The molecule has 0 saturated heterocycles. The number of benzene rings is 1. The summed E-state index contributed by atoms with van der Waals surface area (Å²) in [7, 11) is 0. The third-order valence-corrected chi connectivity index (χ3v) is 6.30. The summed E-state index contributed by atoms with van der Waals surface area (Å²) < 4.78 is 8.29. The molecule has 9 heteroatoms. The molecule has 2 amide bonds. The van der Waals surface area contributed by atoms with Crippen LogP contribution < -0.4 is 10.6 Å². The summed E-state index contributed by atoms with van der Waals surface area (Å²) in [5, 5.41) is 10.7. The van der Waals surface area contributed by atoms with Crippen LogP contribution in [0.4, 0.5) is 5.69 Å². The number of nitrogens with zero attached hydrogens (tertiary/aromatic N) is 3. The van der Waals surface area contributed by atoms with Crippen molar-refractivity contribution in [3.8, 4) is 10.8 Å². The third kappa shape index (κ3) is 4.36. The second-order valence-electron chi connectivity index (χ2n) is 7.58. The van der Waals surface area contributed by atoms with Gasteiger partial charge in [-0.1, -0.05) is 25.0 Å². The average Bonchev–Trinajstić information content (AvgIpc) is 3.54. The monoisotopic (exact) mass is 435 g/mol. The number of para-hydroxylation sites is 1. The Hall–Kier alpha value is -3.46. The maximum Gasteiger partial charge on any atom is 0.291 e. The zero-order valence-electron chi connectivity index (χ0n) is 16.7. The number of rotatable bonds is 6. The van der Waals surface area contributed by atoms with E-state index < -0.39 is 0 Å². The average molecular weight is 436 g/mol. The SMILES string of the molecule is O=C(Cn1cc(NC(=O)c2ccc(-c3nc4ccccc4s3)o2)cn1)NC1CCCC1. The summed E-state index contributed by atoms with van der Waals surface area (Å²) in [6.07, 6.45) is 7.54. The van der Waals surface area contributed by atoms with Gasteiger partial charge >= 0.3 is 0 Å². The van der Waals surface area contributed by atoms with Crippen molar-refractivity contribution >= 4 is 39.1 Å². The lowest BCUT2D eigenvalue weighted by Gasteiger charge is -2.11. The van der Waals surface area contributed by atoms with Crippen LogP contribution in [0, 0.1) is 0 Å². The minimum atomic E-state index is -0.387. The Morgan fingerprint density at radius 3 is 2.84 bits per heavy atom. The van der Waals surface area contributed by atoms with E-state index in [9.17, 15) is 9.59 Å². The fraction of sp³-hybridized carbons (Fsp3) is 0.273. The maximum absolute atomic E-state index is 12.6. The van der Waals surface area contributed by atoms with E-state index in [1.165, 1.54) is 22.2 Å². The lowest BCUT2D eigenvalue weighted by atomic mass is 10.2. The first kappa shape index (κ1) is 19.5. The van der Waals surface area contributed by atoms with Crippen LogP contribution in [0.2, 0.25) is 0 Å². The number of furan rings is 1. The standard InChI is InChI=1S/C22H21N5O3S/c28-20(24-14-5-1-2-6-14)13-27-12-15(11-23-27)25-21(29)17-9-10-18(30-17)22-26-16-7-3-4-8-19(16)31-22/h3-4,7-12,14H,1-2,5-6,13H2,(H,24,28)(H,25,29). The minimum Gasteiger partial charge on any atom is -0.448 e. The molecule has 0 bridgehead atoms. The van der Waals surface area contributed by atoms with Gasteiger partial charge in [0.15, 0.2) is 16.5 Å². The number of hydrogen-bond donors (Lipinski definition) is 2. The Kier molecular flexibility index (Phi) is 5.25. The molecule has 8 nitrogen and oxygen atoms in total. The highest BCUT2D eigenvalue weighted by Gasteiger charge is 2.18. The van der Waals surface area contributed by atoms with Crippen molar-refractivity contribution in [1.82, 2.24) is 20.1 Å². The third-order valence-electron chi connectivity index (χ3n) is 5.25. The van der Waals surface area contributed by atoms with Crippen molar-refractivity contribution in [3.05, 3.63) is 54.6 Å². The van der Waals surface area contributed by atoms with Crippen LogP contribution in [-0.4, -0.2) is 32.6 Å². The van der Waals surface area contributed by atoms with Crippen molar-refractivity contribution in [2.45, 2.75) is 38.3 Å². The summed E-state index contributed by atoms with van der Waals surface area (Å²) in [6.45, 7) is 0.120. The van der Waals surface area contributed by atoms with E-state index in [4.69, 9.17) is 4.42 Å². The summed E-state index contributed by atoms with van der Waals surface area (Å²) in [4.78, 5) is 29.2. The van der Waals surface area contributed by atoms with E-state index in [2.05, 4.69) is 20.7 Å². The molecule has 0 radical (unpaired) electrons. The molecule has 1 aromatic carbocycles. The fourth-order valence-corrected chi connectivity index (χ4v) is 4.68. The summed E-state index contributed by atoms with van der Waals surface area (Å²) in [5.41, 5.74) is 1.39. The predicted octanol–water partition coefficient (Wildman–Crippen LogP) is 4.06. The van der Waals surface area contributed by atoms with Crippen LogP contribution in [-0.2, 0) is 11.3 Å². The molecule has 1 fully saturated rings. The first-order chi connectivity index (χ1) is 15.1. The molecule has 1 aliphatic carbocycles. The first-order valence-electron chi connectivity index (χ1n) is 10.2. The normalized spacial score (nSPS) is 14.2. The Bertz CT molecular complexity index is 1200. The minimum absolute atomic E-state index is 0.0700. The Morgan fingerprint density at radius 2 is 2.00 bits per heavy atom. The van der Waals surface area contributed by atoms with E-state index in [0.29, 0.717) is 11.4 Å². The molecule has 2 N–H and O–H groups in total. The number of fused-ring (bicyclic) bond motifs is 1. The molecule has 0 atom stereocenters. The van der Waals surface area contributed by atoms with Crippen molar-refractivity contribution in [3.63, 3.8) is 0 Å². The van der Waals surface area contributed by atoms with Gasteiger partial charge in [-0.25, -0.2) is 4.98 Å². The van der Waals surface area contributed by atoms with Crippen molar-refractivity contribution in [2.24, 2.45) is 0 Å². The number of aromatic nitrogens is 3. The van der Waals surface area contributed by atoms with Gasteiger partial charge in [-0.05, 0) is 37.1 Å². The van der Waals surface area contributed by atoms with Gasteiger partial charge in [0.1, 0.15) is 6.54 Å². The maximum atomic E-state index is 12.6. The molecule has 31 heavy (non-hydrogen) atoms. The second kappa shape index (κ2) is 8.35. The van der Waals surface area contributed by atoms with Gasteiger partial charge in [0.2, 0.25) is 5.91 Å². The summed E-state index contributed by atoms with van der Waals surface area (Å²) in [5.74, 6) is 0.272. The molecule has 5 rings (SSSR count). The van der Waals surface area contributed by atoms with E-state index in [1.54, 1.807) is 18.3 Å². The first-order valence-corrected chi connectivity index (χ1v) is 11.0. The number of amides is 2. The number of carbonyl (C=O) groups is 2. The highest BCUT2D eigenvalue weighted by atomic mass is 32.1.